The number of para-hydroxylation sites is 1. The van der Waals surface area contributed by atoms with Crippen LogP contribution in [-0.4, -0.2) is 18.4 Å². The third kappa shape index (κ3) is 2.83. The van der Waals surface area contributed by atoms with Crippen LogP contribution in [0.3, 0.4) is 0 Å². The highest BCUT2D eigenvalue weighted by atomic mass is 79.9. The van der Waals surface area contributed by atoms with Gasteiger partial charge in [-0.15, -0.1) is 0 Å². The number of hydrogen-bond acceptors (Lipinski definition) is 2. The van der Waals surface area contributed by atoms with E-state index in [2.05, 4.69) is 21.2 Å². The van der Waals surface area contributed by atoms with Crippen molar-refractivity contribution in [3.63, 3.8) is 0 Å². The number of hydrogen-bond donors (Lipinski definition) is 1. The second-order valence-corrected chi connectivity index (χ2v) is 5.73. The highest BCUT2D eigenvalue weighted by molar-refractivity contribution is 9.10. The quantitative estimate of drug-likeness (QED) is 0.910. The number of amides is 2. The Morgan fingerprint density at radius 1 is 1.10 bits per heavy atom. The molecule has 0 aromatic heterocycles. The monoisotopic (exact) mass is 344 g/mol. The molecule has 21 heavy (non-hydrogen) atoms. The van der Waals surface area contributed by atoms with Crippen molar-refractivity contribution < 1.29 is 9.59 Å². The third-order valence-corrected chi connectivity index (χ3v) is 3.86. The third-order valence-electron chi connectivity index (χ3n) is 3.37. The van der Waals surface area contributed by atoms with Gasteiger partial charge in [0.25, 0.3) is 5.91 Å². The molecule has 0 radical (unpaired) electrons. The first kappa shape index (κ1) is 13.8. The van der Waals surface area contributed by atoms with Crippen LogP contribution in [0.4, 0.5) is 5.69 Å². The first-order chi connectivity index (χ1) is 10.1. The molecule has 0 aliphatic carbocycles. The summed E-state index contributed by atoms with van der Waals surface area (Å²) in [5.41, 5.74) is 2.18. The molecule has 1 heterocycles. The highest BCUT2D eigenvalue weighted by Gasteiger charge is 2.25. The van der Waals surface area contributed by atoms with E-state index in [9.17, 15) is 9.59 Å². The van der Waals surface area contributed by atoms with Crippen molar-refractivity contribution >= 4 is 33.4 Å². The van der Waals surface area contributed by atoms with E-state index in [1.807, 2.05) is 30.3 Å². The van der Waals surface area contributed by atoms with Crippen LogP contribution < -0.4 is 10.2 Å². The zero-order valence-corrected chi connectivity index (χ0v) is 12.8. The van der Waals surface area contributed by atoms with Gasteiger partial charge in [-0.3, -0.25) is 9.59 Å². The van der Waals surface area contributed by atoms with Crippen LogP contribution in [0.15, 0.2) is 53.0 Å². The van der Waals surface area contributed by atoms with Crippen LogP contribution in [0.25, 0.3) is 0 Å². The van der Waals surface area contributed by atoms with E-state index in [1.165, 1.54) is 0 Å². The van der Waals surface area contributed by atoms with Gasteiger partial charge in [-0.05, 0) is 29.8 Å². The van der Waals surface area contributed by atoms with Crippen molar-refractivity contribution in [1.29, 1.82) is 0 Å². The van der Waals surface area contributed by atoms with Crippen LogP contribution in [0.2, 0.25) is 0 Å². The van der Waals surface area contributed by atoms with Crippen molar-refractivity contribution in [2.45, 2.75) is 6.54 Å². The van der Waals surface area contributed by atoms with Gasteiger partial charge in [0.1, 0.15) is 0 Å². The Morgan fingerprint density at radius 2 is 1.90 bits per heavy atom. The summed E-state index contributed by atoms with van der Waals surface area (Å²) in [7, 11) is 0. The van der Waals surface area contributed by atoms with E-state index in [1.54, 1.807) is 23.1 Å². The van der Waals surface area contributed by atoms with Crippen LogP contribution in [-0.2, 0) is 11.3 Å². The maximum absolute atomic E-state index is 12.3. The molecule has 2 aromatic carbocycles. The lowest BCUT2D eigenvalue weighted by molar-refractivity contribution is -0.117. The summed E-state index contributed by atoms with van der Waals surface area (Å²) in [6.45, 7) is 0.450. The van der Waals surface area contributed by atoms with E-state index in [0.29, 0.717) is 17.8 Å². The number of benzene rings is 2. The van der Waals surface area contributed by atoms with E-state index in [0.717, 1.165) is 10.0 Å². The van der Waals surface area contributed by atoms with Gasteiger partial charge in [-0.25, -0.2) is 0 Å². The van der Waals surface area contributed by atoms with Gasteiger partial charge in [-0.1, -0.05) is 40.2 Å². The topological polar surface area (TPSA) is 49.4 Å². The van der Waals surface area contributed by atoms with Crippen molar-refractivity contribution in [1.82, 2.24) is 5.32 Å². The molecule has 4 nitrogen and oxygen atoms in total. The van der Waals surface area contributed by atoms with E-state index in [4.69, 9.17) is 0 Å². The van der Waals surface area contributed by atoms with Gasteiger partial charge in [0.05, 0.1) is 24.3 Å². The van der Waals surface area contributed by atoms with Crippen molar-refractivity contribution in [3.05, 3.63) is 64.1 Å². The zero-order valence-electron chi connectivity index (χ0n) is 11.2. The molecule has 5 heteroatoms. The average Bonchev–Trinajstić information content (AvgIpc) is 2.60. The van der Waals surface area contributed by atoms with Crippen LogP contribution >= 0.6 is 15.9 Å². The Morgan fingerprint density at radius 3 is 2.71 bits per heavy atom. The number of nitrogens with zero attached hydrogens (tertiary/aromatic N) is 1. The predicted molar refractivity (Wildman–Crippen MR) is 84.1 cm³/mol. The van der Waals surface area contributed by atoms with Crippen molar-refractivity contribution in [3.8, 4) is 0 Å². The van der Waals surface area contributed by atoms with Crippen LogP contribution in [0.5, 0.6) is 0 Å². The van der Waals surface area contributed by atoms with Gasteiger partial charge < -0.3 is 10.2 Å². The standard InChI is InChI=1S/C16H13BrN2O2/c17-12-5-3-4-11(8-12)10-19-14-7-2-1-6-13(14)16(21)18-9-15(19)20/h1-8H,9-10H2,(H,18,21). The summed E-state index contributed by atoms with van der Waals surface area (Å²) in [6, 6.07) is 15.0. The van der Waals surface area contributed by atoms with Crippen molar-refractivity contribution in [2.24, 2.45) is 0 Å². The fourth-order valence-corrected chi connectivity index (χ4v) is 2.82. The molecule has 0 fully saturated rings. The first-order valence-electron chi connectivity index (χ1n) is 6.57. The van der Waals surface area contributed by atoms with Gasteiger partial charge in [0.15, 0.2) is 0 Å². The molecule has 1 aliphatic heterocycles. The first-order valence-corrected chi connectivity index (χ1v) is 7.36. The largest absolute Gasteiger partial charge is 0.343 e. The number of nitrogens with one attached hydrogen (secondary N) is 1. The molecule has 0 atom stereocenters. The Hall–Kier alpha value is -2.14. The number of rotatable bonds is 2. The molecular weight excluding hydrogens is 332 g/mol. The minimum atomic E-state index is -0.212. The summed E-state index contributed by atoms with van der Waals surface area (Å²) < 4.78 is 0.963. The Labute approximate surface area is 130 Å². The number of fused-ring (bicyclic) bond motifs is 1. The summed E-state index contributed by atoms with van der Waals surface area (Å²) in [4.78, 5) is 26.0. The Kier molecular flexibility index (Phi) is 3.75. The summed E-state index contributed by atoms with van der Waals surface area (Å²) in [5.74, 6) is -0.330. The fraction of sp³-hybridized carbons (Fsp3) is 0.125. The molecule has 106 valence electrons. The lowest BCUT2D eigenvalue weighted by Gasteiger charge is -2.22. The van der Waals surface area contributed by atoms with Crippen LogP contribution in [0, 0.1) is 0 Å². The molecule has 0 saturated heterocycles. The molecule has 3 rings (SSSR count). The predicted octanol–water partition coefficient (Wildman–Crippen LogP) is 2.73. The molecule has 1 N–H and O–H groups in total. The molecule has 0 unspecified atom stereocenters. The maximum Gasteiger partial charge on any atom is 0.253 e. The van der Waals surface area contributed by atoms with Gasteiger partial charge in [0.2, 0.25) is 5.91 Å². The molecular formula is C16H13BrN2O2. The Bertz CT molecular complexity index is 715. The lowest BCUT2D eigenvalue weighted by Crippen LogP contribution is -2.36. The SMILES string of the molecule is O=C1NCC(=O)N(Cc2cccc(Br)c2)c2ccccc21. The molecule has 0 bridgehead atoms. The second-order valence-electron chi connectivity index (χ2n) is 4.81. The average molecular weight is 345 g/mol. The molecule has 0 spiro atoms. The normalized spacial score (nSPS) is 14.4. The summed E-state index contributed by atoms with van der Waals surface area (Å²) in [6.07, 6.45) is 0. The fourth-order valence-electron chi connectivity index (χ4n) is 2.37. The maximum atomic E-state index is 12.3. The molecule has 2 aromatic rings. The van der Waals surface area contributed by atoms with E-state index >= 15 is 0 Å². The second kappa shape index (κ2) is 5.69. The molecule has 2 amide bonds. The zero-order chi connectivity index (χ0) is 14.8. The number of carbonyl (C=O) groups excluding carboxylic acids is 2. The van der Waals surface area contributed by atoms with E-state index < -0.39 is 0 Å². The summed E-state index contributed by atoms with van der Waals surface area (Å²) in [5, 5.41) is 2.64. The number of anilines is 1. The van der Waals surface area contributed by atoms with Crippen molar-refractivity contribution in [2.75, 3.05) is 11.4 Å². The van der Waals surface area contributed by atoms with Crippen LogP contribution in [0.1, 0.15) is 15.9 Å². The molecule has 0 saturated carbocycles. The number of carbonyl (C=O) groups is 2. The van der Waals surface area contributed by atoms with Gasteiger partial charge >= 0.3 is 0 Å². The lowest BCUT2D eigenvalue weighted by atomic mass is 10.1. The minimum absolute atomic E-state index is 0.0154. The Balaban J connectivity index is 2.01. The van der Waals surface area contributed by atoms with Gasteiger partial charge in [0, 0.05) is 4.47 Å². The van der Waals surface area contributed by atoms with Gasteiger partial charge in [-0.2, -0.15) is 0 Å². The minimum Gasteiger partial charge on any atom is -0.343 e. The molecule has 1 aliphatic rings. The summed E-state index contributed by atoms with van der Waals surface area (Å²) >= 11 is 3.43. The smallest absolute Gasteiger partial charge is 0.253 e. The number of halogens is 1. The van der Waals surface area contributed by atoms with E-state index in [-0.39, 0.29) is 18.4 Å². The highest BCUT2D eigenvalue weighted by Crippen LogP contribution is 2.25.